The molecule has 1 aromatic carbocycles. The molecule has 0 fully saturated rings. The number of aliphatic carboxylic acids is 1. The molecule has 114 valence electrons. The minimum absolute atomic E-state index is 0.849. The molecule has 0 bridgehead atoms. The van der Waals surface area contributed by atoms with E-state index in [1.54, 1.807) is 6.08 Å². The van der Waals surface area contributed by atoms with Gasteiger partial charge < -0.3 is 5.11 Å². The van der Waals surface area contributed by atoms with E-state index in [9.17, 15) is 4.79 Å². The number of hydrogen-bond donors (Lipinski definition) is 1. The molecule has 0 radical (unpaired) electrons. The summed E-state index contributed by atoms with van der Waals surface area (Å²) >= 11 is 0. The zero-order chi connectivity index (χ0) is 15.2. The monoisotopic (exact) mass is 286 g/mol. The zero-order valence-electron chi connectivity index (χ0n) is 12.7. The van der Waals surface area contributed by atoms with Crippen molar-refractivity contribution >= 4 is 12.0 Å². The number of benzene rings is 1. The number of allylic oxidation sites excluding steroid dienone is 2. The lowest BCUT2D eigenvalue weighted by Crippen LogP contribution is -1.85. The highest BCUT2D eigenvalue weighted by molar-refractivity contribution is 5.79. The molecule has 1 rings (SSSR count). The highest BCUT2D eigenvalue weighted by atomic mass is 16.4. The lowest BCUT2D eigenvalue weighted by atomic mass is 10.1. The molecule has 0 heterocycles. The smallest absolute Gasteiger partial charge is 0.327 e. The normalized spacial score (nSPS) is 11.4. The van der Waals surface area contributed by atoms with Crippen LogP contribution in [0.25, 0.3) is 6.08 Å². The molecule has 0 unspecified atom stereocenters. The number of hydrogen-bond acceptors (Lipinski definition) is 1. The zero-order valence-corrected chi connectivity index (χ0v) is 12.7. The van der Waals surface area contributed by atoms with Crippen LogP contribution in [0, 0.1) is 0 Å². The summed E-state index contributed by atoms with van der Waals surface area (Å²) in [6.45, 7) is 0. The lowest BCUT2D eigenvalue weighted by molar-refractivity contribution is -0.131. The SMILES string of the molecule is O=C(O)C=CCCCCCCCCC=Cc1ccccc1. The van der Waals surface area contributed by atoms with Crippen LogP contribution < -0.4 is 0 Å². The van der Waals surface area contributed by atoms with E-state index in [1.807, 2.05) is 6.07 Å². The van der Waals surface area contributed by atoms with Crippen LogP contribution in [-0.4, -0.2) is 11.1 Å². The Bertz CT molecular complexity index is 432. The van der Waals surface area contributed by atoms with Gasteiger partial charge in [0.25, 0.3) is 0 Å². The fourth-order valence-corrected chi connectivity index (χ4v) is 2.20. The van der Waals surface area contributed by atoms with Gasteiger partial charge in [-0.05, 0) is 31.2 Å². The van der Waals surface area contributed by atoms with Gasteiger partial charge >= 0.3 is 5.97 Å². The number of unbranched alkanes of at least 4 members (excludes halogenated alkanes) is 7. The molecular formula is C19H26O2. The van der Waals surface area contributed by atoms with Crippen molar-refractivity contribution in [1.29, 1.82) is 0 Å². The van der Waals surface area contributed by atoms with Crippen LogP contribution >= 0.6 is 0 Å². The molecule has 0 aliphatic rings. The highest BCUT2D eigenvalue weighted by Gasteiger charge is 1.91. The minimum atomic E-state index is -0.849. The van der Waals surface area contributed by atoms with Gasteiger partial charge in [0.05, 0.1) is 0 Å². The van der Waals surface area contributed by atoms with E-state index >= 15 is 0 Å². The summed E-state index contributed by atoms with van der Waals surface area (Å²) in [6.07, 6.45) is 16.8. The van der Waals surface area contributed by atoms with Crippen LogP contribution in [0.1, 0.15) is 56.9 Å². The Morgan fingerprint density at radius 1 is 0.857 bits per heavy atom. The van der Waals surface area contributed by atoms with E-state index in [0.717, 1.165) is 19.3 Å². The predicted octanol–water partition coefficient (Wildman–Crippen LogP) is 5.46. The molecule has 2 heteroatoms. The van der Waals surface area contributed by atoms with Crippen molar-refractivity contribution in [3.63, 3.8) is 0 Å². The third-order valence-corrected chi connectivity index (χ3v) is 3.36. The Hall–Kier alpha value is -1.83. The molecule has 0 aromatic heterocycles. The summed E-state index contributed by atoms with van der Waals surface area (Å²) in [5.74, 6) is -0.849. The van der Waals surface area contributed by atoms with E-state index in [0.29, 0.717) is 0 Å². The topological polar surface area (TPSA) is 37.3 Å². The first-order valence-corrected chi connectivity index (χ1v) is 7.90. The Morgan fingerprint density at radius 2 is 1.43 bits per heavy atom. The Morgan fingerprint density at radius 3 is 2.05 bits per heavy atom. The van der Waals surface area contributed by atoms with Gasteiger partial charge in [0.1, 0.15) is 0 Å². The molecule has 0 saturated heterocycles. The van der Waals surface area contributed by atoms with Crippen molar-refractivity contribution in [1.82, 2.24) is 0 Å². The number of rotatable bonds is 11. The summed E-state index contributed by atoms with van der Waals surface area (Å²) in [5.41, 5.74) is 1.27. The van der Waals surface area contributed by atoms with Gasteiger partial charge in [-0.15, -0.1) is 0 Å². The van der Waals surface area contributed by atoms with Crippen LogP contribution in [0.2, 0.25) is 0 Å². The number of carboxylic acid groups (broad SMARTS) is 1. The second-order valence-electron chi connectivity index (χ2n) is 5.25. The van der Waals surface area contributed by atoms with Crippen LogP contribution in [0.15, 0.2) is 48.6 Å². The van der Waals surface area contributed by atoms with Gasteiger partial charge in [-0.2, -0.15) is 0 Å². The number of carboxylic acids is 1. The van der Waals surface area contributed by atoms with Gasteiger partial charge in [0.15, 0.2) is 0 Å². The first kappa shape index (κ1) is 17.2. The van der Waals surface area contributed by atoms with Crippen molar-refractivity contribution < 1.29 is 9.90 Å². The molecule has 21 heavy (non-hydrogen) atoms. The Kier molecular flexibility index (Phi) is 9.80. The fourth-order valence-electron chi connectivity index (χ4n) is 2.20. The third-order valence-electron chi connectivity index (χ3n) is 3.36. The summed E-state index contributed by atoms with van der Waals surface area (Å²) in [6, 6.07) is 10.4. The van der Waals surface area contributed by atoms with E-state index < -0.39 is 5.97 Å². The van der Waals surface area contributed by atoms with E-state index in [-0.39, 0.29) is 0 Å². The Balaban J connectivity index is 1.89. The molecule has 1 aromatic rings. The predicted molar refractivity (Wildman–Crippen MR) is 89.2 cm³/mol. The average Bonchev–Trinajstić information content (AvgIpc) is 2.49. The maximum absolute atomic E-state index is 10.3. The summed E-state index contributed by atoms with van der Waals surface area (Å²) in [4.78, 5) is 10.3. The fraction of sp³-hybridized carbons (Fsp3) is 0.421. The molecule has 0 saturated carbocycles. The quantitative estimate of drug-likeness (QED) is 0.433. The first-order chi connectivity index (χ1) is 10.3. The average molecular weight is 286 g/mol. The highest BCUT2D eigenvalue weighted by Crippen LogP contribution is 2.10. The van der Waals surface area contributed by atoms with Gasteiger partial charge in [0, 0.05) is 6.08 Å². The molecule has 2 nitrogen and oxygen atoms in total. The standard InChI is InChI=1S/C19H26O2/c20-19(21)17-13-8-6-4-2-1-3-5-7-10-14-18-15-11-9-12-16-18/h9-17H,1-8H2,(H,20,21). The van der Waals surface area contributed by atoms with Crippen molar-refractivity contribution in [3.05, 3.63) is 54.1 Å². The number of carbonyl (C=O) groups is 1. The van der Waals surface area contributed by atoms with Crippen LogP contribution in [0.3, 0.4) is 0 Å². The molecule has 1 N–H and O–H groups in total. The maximum Gasteiger partial charge on any atom is 0.327 e. The van der Waals surface area contributed by atoms with Crippen molar-refractivity contribution in [2.75, 3.05) is 0 Å². The molecule has 0 aliphatic carbocycles. The molecule has 0 aliphatic heterocycles. The van der Waals surface area contributed by atoms with Crippen molar-refractivity contribution in [3.8, 4) is 0 Å². The largest absolute Gasteiger partial charge is 0.478 e. The molecular weight excluding hydrogens is 260 g/mol. The van der Waals surface area contributed by atoms with Gasteiger partial charge in [0.2, 0.25) is 0 Å². The van der Waals surface area contributed by atoms with E-state index in [4.69, 9.17) is 5.11 Å². The summed E-state index contributed by atoms with van der Waals surface area (Å²) in [5, 5.41) is 8.44. The van der Waals surface area contributed by atoms with E-state index in [1.165, 1.54) is 43.7 Å². The van der Waals surface area contributed by atoms with Crippen LogP contribution in [-0.2, 0) is 4.79 Å². The van der Waals surface area contributed by atoms with Gasteiger partial charge in [-0.3, -0.25) is 0 Å². The maximum atomic E-state index is 10.3. The third kappa shape index (κ3) is 10.6. The van der Waals surface area contributed by atoms with E-state index in [2.05, 4.69) is 36.4 Å². The van der Waals surface area contributed by atoms with Crippen LogP contribution in [0.4, 0.5) is 0 Å². The van der Waals surface area contributed by atoms with Crippen LogP contribution in [0.5, 0.6) is 0 Å². The van der Waals surface area contributed by atoms with Crippen molar-refractivity contribution in [2.45, 2.75) is 51.4 Å². The Labute approximate surface area is 128 Å². The summed E-state index contributed by atoms with van der Waals surface area (Å²) in [7, 11) is 0. The minimum Gasteiger partial charge on any atom is -0.478 e. The lowest BCUT2D eigenvalue weighted by Gasteiger charge is -1.99. The van der Waals surface area contributed by atoms with Gasteiger partial charge in [-0.25, -0.2) is 4.79 Å². The molecule has 0 atom stereocenters. The molecule has 0 amide bonds. The molecule has 0 spiro atoms. The first-order valence-electron chi connectivity index (χ1n) is 7.90. The second kappa shape index (κ2) is 12.0. The van der Waals surface area contributed by atoms with Crippen molar-refractivity contribution in [2.24, 2.45) is 0 Å². The second-order valence-corrected chi connectivity index (χ2v) is 5.25. The van der Waals surface area contributed by atoms with Gasteiger partial charge in [-0.1, -0.05) is 74.2 Å². The summed E-state index contributed by atoms with van der Waals surface area (Å²) < 4.78 is 0.